The molecule has 2 rings (SSSR count). The maximum atomic E-state index is 12.7. The Kier molecular flexibility index (Phi) is 5.12. The first-order chi connectivity index (χ1) is 10.4. The Balaban J connectivity index is 2.24. The first kappa shape index (κ1) is 16.8. The zero-order valence-electron chi connectivity index (χ0n) is 12.3. The molecular formula is C13H19N3O5S. The Morgan fingerprint density at radius 2 is 1.91 bits per heavy atom. The lowest BCUT2D eigenvalue weighted by molar-refractivity contribution is -0.385. The van der Waals surface area contributed by atoms with Crippen LogP contribution in [0.15, 0.2) is 23.1 Å². The van der Waals surface area contributed by atoms with E-state index in [0.29, 0.717) is 38.3 Å². The number of sulfonamides is 1. The summed E-state index contributed by atoms with van der Waals surface area (Å²) in [5.41, 5.74) is 0.256. The number of aliphatic hydroxyl groups is 1. The maximum Gasteiger partial charge on any atom is 0.270 e. The maximum absolute atomic E-state index is 12.7. The monoisotopic (exact) mass is 329 g/mol. The number of benzene rings is 1. The SMILES string of the molecule is Cc1ccc([N+](=O)[O-])cc1S(=O)(=O)N1CCN(CCO)CC1. The Morgan fingerprint density at radius 3 is 2.45 bits per heavy atom. The summed E-state index contributed by atoms with van der Waals surface area (Å²) < 4.78 is 26.7. The summed E-state index contributed by atoms with van der Waals surface area (Å²) in [6, 6.07) is 3.87. The molecule has 0 radical (unpaired) electrons. The number of aliphatic hydroxyl groups excluding tert-OH is 1. The summed E-state index contributed by atoms with van der Waals surface area (Å²) in [5, 5.41) is 19.8. The van der Waals surface area contributed by atoms with E-state index in [-0.39, 0.29) is 17.2 Å². The van der Waals surface area contributed by atoms with Crippen molar-refractivity contribution in [2.45, 2.75) is 11.8 Å². The van der Waals surface area contributed by atoms with E-state index in [2.05, 4.69) is 0 Å². The van der Waals surface area contributed by atoms with Gasteiger partial charge in [0.05, 0.1) is 16.4 Å². The van der Waals surface area contributed by atoms with Crippen LogP contribution in [-0.4, -0.2) is 67.0 Å². The molecule has 1 aliphatic heterocycles. The molecule has 1 fully saturated rings. The quantitative estimate of drug-likeness (QED) is 0.611. The number of β-amino-alcohol motifs (C(OH)–C–C–N with tert-alkyl or cyclic N) is 1. The van der Waals surface area contributed by atoms with E-state index in [0.717, 1.165) is 6.07 Å². The van der Waals surface area contributed by atoms with E-state index >= 15 is 0 Å². The number of hydrogen-bond donors (Lipinski definition) is 1. The summed E-state index contributed by atoms with van der Waals surface area (Å²) in [5.74, 6) is 0. The van der Waals surface area contributed by atoms with Crippen molar-refractivity contribution in [2.24, 2.45) is 0 Å². The Morgan fingerprint density at radius 1 is 1.27 bits per heavy atom. The van der Waals surface area contributed by atoms with Crippen LogP contribution in [0.5, 0.6) is 0 Å². The first-order valence-electron chi connectivity index (χ1n) is 6.94. The smallest absolute Gasteiger partial charge is 0.270 e. The molecule has 1 saturated heterocycles. The molecule has 0 spiro atoms. The normalized spacial score (nSPS) is 17.5. The molecule has 0 amide bonds. The lowest BCUT2D eigenvalue weighted by Crippen LogP contribution is -2.49. The highest BCUT2D eigenvalue weighted by atomic mass is 32.2. The number of rotatable bonds is 5. The fourth-order valence-corrected chi connectivity index (χ4v) is 4.12. The van der Waals surface area contributed by atoms with E-state index in [1.54, 1.807) is 6.92 Å². The topological polar surface area (TPSA) is 104 Å². The van der Waals surface area contributed by atoms with Gasteiger partial charge in [0.15, 0.2) is 0 Å². The third-order valence-electron chi connectivity index (χ3n) is 3.75. The van der Waals surface area contributed by atoms with Gasteiger partial charge in [0.1, 0.15) is 0 Å². The molecular weight excluding hydrogens is 310 g/mol. The van der Waals surface area contributed by atoms with Gasteiger partial charge in [0.2, 0.25) is 10.0 Å². The summed E-state index contributed by atoms with van der Waals surface area (Å²) >= 11 is 0. The summed E-state index contributed by atoms with van der Waals surface area (Å²) in [4.78, 5) is 12.2. The van der Waals surface area contributed by atoms with Crippen LogP contribution in [0.1, 0.15) is 5.56 Å². The number of nitro benzene ring substituents is 1. The Hall–Kier alpha value is -1.55. The minimum atomic E-state index is -3.75. The average Bonchev–Trinajstić information content (AvgIpc) is 2.48. The zero-order chi connectivity index (χ0) is 16.3. The number of nitrogens with zero attached hydrogens (tertiary/aromatic N) is 3. The molecule has 0 saturated carbocycles. The Bertz CT molecular complexity index is 654. The molecule has 22 heavy (non-hydrogen) atoms. The summed E-state index contributed by atoms with van der Waals surface area (Å²) in [6.45, 7) is 3.87. The van der Waals surface area contributed by atoms with E-state index < -0.39 is 14.9 Å². The van der Waals surface area contributed by atoms with Gasteiger partial charge < -0.3 is 5.11 Å². The minimum Gasteiger partial charge on any atom is -0.395 e. The van der Waals surface area contributed by atoms with E-state index in [4.69, 9.17) is 5.11 Å². The molecule has 0 bridgehead atoms. The number of piperazine rings is 1. The van der Waals surface area contributed by atoms with Gasteiger partial charge in [-0.25, -0.2) is 8.42 Å². The molecule has 1 N–H and O–H groups in total. The molecule has 1 heterocycles. The van der Waals surface area contributed by atoms with E-state index in [1.807, 2.05) is 4.90 Å². The molecule has 8 nitrogen and oxygen atoms in total. The van der Waals surface area contributed by atoms with Crippen LogP contribution in [0.3, 0.4) is 0 Å². The molecule has 122 valence electrons. The van der Waals surface area contributed by atoms with Crippen LogP contribution in [-0.2, 0) is 10.0 Å². The van der Waals surface area contributed by atoms with Crippen LogP contribution in [0, 0.1) is 17.0 Å². The van der Waals surface area contributed by atoms with Crippen LogP contribution in [0.4, 0.5) is 5.69 Å². The van der Waals surface area contributed by atoms with Crippen molar-refractivity contribution in [1.29, 1.82) is 0 Å². The third-order valence-corrected chi connectivity index (χ3v) is 5.79. The summed E-state index contributed by atoms with van der Waals surface area (Å²) in [7, 11) is -3.75. The lowest BCUT2D eigenvalue weighted by Gasteiger charge is -2.33. The molecule has 1 aliphatic rings. The number of non-ortho nitro benzene ring substituents is 1. The van der Waals surface area contributed by atoms with Gasteiger partial charge in [-0.1, -0.05) is 6.07 Å². The van der Waals surface area contributed by atoms with Gasteiger partial charge in [0, 0.05) is 44.9 Å². The highest BCUT2D eigenvalue weighted by molar-refractivity contribution is 7.89. The van der Waals surface area contributed by atoms with Crippen LogP contribution < -0.4 is 0 Å². The van der Waals surface area contributed by atoms with Crippen LogP contribution in [0.2, 0.25) is 0 Å². The second kappa shape index (κ2) is 6.69. The first-order valence-corrected chi connectivity index (χ1v) is 8.38. The van der Waals surface area contributed by atoms with Crippen molar-refractivity contribution in [3.63, 3.8) is 0 Å². The predicted octanol–water partition coefficient (Wildman–Crippen LogP) is 0.202. The van der Waals surface area contributed by atoms with Crippen molar-refractivity contribution < 1.29 is 18.4 Å². The number of aryl methyl sites for hydroxylation is 1. The van der Waals surface area contributed by atoms with Gasteiger partial charge in [-0.05, 0) is 12.5 Å². The van der Waals surface area contributed by atoms with Crippen LogP contribution in [0.25, 0.3) is 0 Å². The fourth-order valence-electron chi connectivity index (χ4n) is 2.45. The van der Waals surface area contributed by atoms with Gasteiger partial charge in [-0.3, -0.25) is 15.0 Å². The van der Waals surface area contributed by atoms with Crippen molar-refractivity contribution in [3.05, 3.63) is 33.9 Å². The molecule has 1 aromatic rings. The lowest BCUT2D eigenvalue weighted by atomic mass is 10.2. The second-order valence-electron chi connectivity index (χ2n) is 5.18. The van der Waals surface area contributed by atoms with Gasteiger partial charge in [-0.2, -0.15) is 4.31 Å². The minimum absolute atomic E-state index is 0.0164. The molecule has 9 heteroatoms. The van der Waals surface area contributed by atoms with Crippen molar-refractivity contribution in [1.82, 2.24) is 9.21 Å². The van der Waals surface area contributed by atoms with Crippen molar-refractivity contribution in [2.75, 3.05) is 39.3 Å². The number of nitro groups is 1. The van der Waals surface area contributed by atoms with Crippen molar-refractivity contribution in [3.8, 4) is 0 Å². The predicted molar refractivity (Wildman–Crippen MR) is 80.1 cm³/mol. The Labute approximate surface area is 129 Å². The number of hydrogen-bond acceptors (Lipinski definition) is 6. The standard InChI is InChI=1S/C13H19N3O5S/c1-11-2-3-12(16(18)19)10-13(11)22(20,21)15-6-4-14(5-7-15)8-9-17/h2-3,10,17H,4-9H2,1H3. The molecule has 0 unspecified atom stereocenters. The van der Waals surface area contributed by atoms with Crippen LogP contribution >= 0.6 is 0 Å². The van der Waals surface area contributed by atoms with E-state index in [9.17, 15) is 18.5 Å². The van der Waals surface area contributed by atoms with Gasteiger partial charge in [0.25, 0.3) is 5.69 Å². The molecule has 0 aliphatic carbocycles. The van der Waals surface area contributed by atoms with Gasteiger partial charge >= 0.3 is 0 Å². The summed E-state index contributed by atoms with van der Waals surface area (Å²) in [6.07, 6.45) is 0. The second-order valence-corrected chi connectivity index (χ2v) is 7.08. The molecule has 1 aromatic carbocycles. The van der Waals surface area contributed by atoms with E-state index in [1.165, 1.54) is 16.4 Å². The average molecular weight is 329 g/mol. The van der Waals surface area contributed by atoms with Gasteiger partial charge in [-0.15, -0.1) is 0 Å². The zero-order valence-corrected chi connectivity index (χ0v) is 13.1. The fraction of sp³-hybridized carbons (Fsp3) is 0.538. The molecule has 0 aromatic heterocycles. The largest absolute Gasteiger partial charge is 0.395 e. The highest BCUT2D eigenvalue weighted by Crippen LogP contribution is 2.25. The molecule has 0 atom stereocenters. The third kappa shape index (κ3) is 3.43. The highest BCUT2D eigenvalue weighted by Gasteiger charge is 2.30. The van der Waals surface area contributed by atoms with Crippen molar-refractivity contribution >= 4 is 15.7 Å².